The summed E-state index contributed by atoms with van der Waals surface area (Å²) in [5.74, 6) is -2.38. The molecule has 1 aliphatic rings. The highest BCUT2D eigenvalue weighted by Gasteiger charge is 2.60. The van der Waals surface area contributed by atoms with Crippen LogP contribution in [0.3, 0.4) is 0 Å². The molecule has 104 valence electrons. The van der Waals surface area contributed by atoms with Crippen molar-refractivity contribution in [3.05, 3.63) is 35.4 Å². The van der Waals surface area contributed by atoms with Gasteiger partial charge >= 0.3 is 12.0 Å². The van der Waals surface area contributed by atoms with Gasteiger partial charge in [0.25, 0.3) is 0 Å². The van der Waals surface area contributed by atoms with Gasteiger partial charge in [-0.15, -0.1) is 0 Å². The van der Waals surface area contributed by atoms with Crippen LogP contribution < -0.4 is 0 Å². The Morgan fingerprint density at radius 2 is 2.00 bits per heavy atom. The molecule has 1 atom stereocenters. The Hall–Kier alpha value is -1.21. The van der Waals surface area contributed by atoms with Crippen molar-refractivity contribution in [2.75, 3.05) is 6.26 Å². The summed E-state index contributed by atoms with van der Waals surface area (Å²) in [5.41, 5.74) is 1.68. The average molecular weight is 291 g/mol. The molecule has 1 aromatic carbocycles. The molecule has 0 radical (unpaired) electrons. The molecule has 3 nitrogen and oxygen atoms in total. The van der Waals surface area contributed by atoms with E-state index in [2.05, 4.69) is 9.99 Å². The standard InChI is InChI=1S/C12H12F3NO2S/c1-19-7-8-2-4-9(5-3-8)10-6-11(17,18-16-10)12(13,14)15/h2-5,17H,6-7H2,1H3. The second kappa shape index (κ2) is 5.05. The molecule has 1 heterocycles. The van der Waals surface area contributed by atoms with Crippen molar-refractivity contribution in [3.63, 3.8) is 0 Å². The van der Waals surface area contributed by atoms with E-state index in [4.69, 9.17) is 0 Å². The Balaban J connectivity index is 2.13. The number of halogens is 3. The molecule has 2 rings (SSSR count). The Bertz CT molecular complexity index is 487. The van der Waals surface area contributed by atoms with Gasteiger partial charge in [0.1, 0.15) is 0 Å². The van der Waals surface area contributed by atoms with Crippen LogP contribution in [0.4, 0.5) is 13.2 Å². The first-order valence-corrected chi connectivity index (χ1v) is 6.87. The fourth-order valence-electron chi connectivity index (χ4n) is 1.69. The molecule has 1 aromatic rings. The first-order chi connectivity index (χ1) is 8.86. The number of oxime groups is 1. The lowest BCUT2D eigenvalue weighted by Crippen LogP contribution is -2.45. The third-order valence-corrected chi connectivity index (χ3v) is 3.38. The highest BCUT2D eigenvalue weighted by Crippen LogP contribution is 2.38. The SMILES string of the molecule is CSCc1ccc(C2=NOC(O)(C(F)(F)F)C2)cc1. The first-order valence-electron chi connectivity index (χ1n) is 5.48. The predicted octanol–water partition coefficient (Wildman–Crippen LogP) is 2.92. The molecule has 0 aliphatic carbocycles. The molecule has 0 fully saturated rings. The van der Waals surface area contributed by atoms with Crippen molar-refractivity contribution in [3.8, 4) is 0 Å². The Morgan fingerprint density at radius 1 is 1.37 bits per heavy atom. The van der Waals surface area contributed by atoms with Crippen molar-refractivity contribution in [1.82, 2.24) is 0 Å². The Kier molecular flexibility index (Phi) is 3.78. The summed E-state index contributed by atoms with van der Waals surface area (Å²) in [4.78, 5) is 4.16. The van der Waals surface area contributed by atoms with Crippen molar-refractivity contribution in [2.24, 2.45) is 5.16 Å². The molecule has 7 heteroatoms. The Morgan fingerprint density at radius 3 is 2.47 bits per heavy atom. The van der Waals surface area contributed by atoms with E-state index in [9.17, 15) is 18.3 Å². The molecule has 1 aliphatic heterocycles. The summed E-state index contributed by atoms with van der Waals surface area (Å²) in [5, 5.41) is 12.7. The summed E-state index contributed by atoms with van der Waals surface area (Å²) in [6, 6.07) is 6.99. The van der Waals surface area contributed by atoms with Crippen LogP contribution in [0.25, 0.3) is 0 Å². The van der Waals surface area contributed by atoms with E-state index in [-0.39, 0.29) is 5.71 Å². The minimum absolute atomic E-state index is 0.0931. The molecule has 19 heavy (non-hydrogen) atoms. The van der Waals surface area contributed by atoms with Crippen LogP contribution in [-0.2, 0) is 10.6 Å². The van der Waals surface area contributed by atoms with Gasteiger partial charge in [-0.25, -0.2) is 0 Å². The summed E-state index contributed by atoms with van der Waals surface area (Å²) in [6.07, 6.45) is -3.60. The van der Waals surface area contributed by atoms with Crippen LogP contribution in [-0.4, -0.2) is 29.0 Å². The third-order valence-electron chi connectivity index (χ3n) is 2.76. The minimum atomic E-state index is -4.86. The zero-order valence-corrected chi connectivity index (χ0v) is 10.9. The number of nitrogens with zero attached hydrogens (tertiary/aromatic N) is 1. The minimum Gasteiger partial charge on any atom is -0.350 e. The van der Waals surface area contributed by atoms with Crippen LogP contribution >= 0.6 is 11.8 Å². The van der Waals surface area contributed by atoms with Crippen LogP contribution in [0.1, 0.15) is 17.5 Å². The van der Waals surface area contributed by atoms with Gasteiger partial charge in [0, 0.05) is 5.75 Å². The zero-order valence-electron chi connectivity index (χ0n) is 10.1. The summed E-state index contributed by atoms with van der Waals surface area (Å²) in [6.45, 7) is 0. The molecule has 0 amide bonds. The quantitative estimate of drug-likeness (QED) is 0.931. The summed E-state index contributed by atoms with van der Waals surface area (Å²) in [7, 11) is 0. The van der Waals surface area contributed by atoms with Gasteiger partial charge in [0.15, 0.2) is 0 Å². The van der Waals surface area contributed by atoms with E-state index in [1.165, 1.54) is 0 Å². The highest BCUT2D eigenvalue weighted by molar-refractivity contribution is 7.97. The van der Waals surface area contributed by atoms with Crippen LogP contribution in [0.2, 0.25) is 0 Å². The lowest BCUT2D eigenvalue weighted by molar-refractivity contribution is -0.355. The lowest BCUT2D eigenvalue weighted by Gasteiger charge is -2.22. The fraction of sp³-hybridized carbons (Fsp3) is 0.417. The molecule has 1 N–H and O–H groups in total. The molecular weight excluding hydrogens is 279 g/mol. The molecular formula is C12H12F3NO2S. The monoisotopic (exact) mass is 291 g/mol. The van der Waals surface area contributed by atoms with E-state index < -0.39 is 18.4 Å². The van der Waals surface area contributed by atoms with Crippen LogP contribution in [0.5, 0.6) is 0 Å². The maximum absolute atomic E-state index is 12.5. The molecule has 0 saturated carbocycles. The molecule has 0 spiro atoms. The van der Waals surface area contributed by atoms with Gasteiger partial charge in [0.2, 0.25) is 0 Å². The van der Waals surface area contributed by atoms with Gasteiger partial charge in [-0.1, -0.05) is 29.4 Å². The zero-order chi connectivity index (χ0) is 14.1. The molecule has 1 unspecified atom stereocenters. The number of benzene rings is 1. The van der Waals surface area contributed by atoms with E-state index in [0.717, 1.165) is 11.3 Å². The first kappa shape index (κ1) is 14.2. The number of hydrogen-bond acceptors (Lipinski definition) is 4. The summed E-state index contributed by atoms with van der Waals surface area (Å²) < 4.78 is 37.6. The van der Waals surface area contributed by atoms with Crippen molar-refractivity contribution < 1.29 is 23.1 Å². The number of rotatable bonds is 3. The Labute approximate surface area is 112 Å². The second-order valence-corrected chi connectivity index (χ2v) is 5.08. The molecule has 0 saturated heterocycles. The van der Waals surface area contributed by atoms with Gasteiger partial charge in [0.05, 0.1) is 12.1 Å². The van der Waals surface area contributed by atoms with Crippen molar-refractivity contribution in [1.29, 1.82) is 0 Å². The number of alkyl halides is 3. The van der Waals surface area contributed by atoms with E-state index in [1.807, 2.05) is 18.4 Å². The molecule has 0 aromatic heterocycles. The predicted molar refractivity (Wildman–Crippen MR) is 66.9 cm³/mol. The van der Waals surface area contributed by atoms with Crippen molar-refractivity contribution in [2.45, 2.75) is 24.1 Å². The van der Waals surface area contributed by atoms with E-state index in [0.29, 0.717) is 5.56 Å². The lowest BCUT2D eigenvalue weighted by atomic mass is 10.0. The van der Waals surface area contributed by atoms with Gasteiger partial charge in [-0.05, 0) is 17.4 Å². The number of hydrogen-bond donors (Lipinski definition) is 1. The van der Waals surface area contributed by atoms with Crippen LogP contribution in [0.15, 0.2) is 29.4 Å². The maximum Gasteiger partial charge on any atom is 0.458 e. The molecule has 0 bridgehead atoms. The average Bonchev–Trinajstić information content (AvgIpc) is 2.74. The van der Waals surface area contributed by atoms with Crippen LogP contribution in [0, 0.1) is 0 Å². The number of thioether (sulfide) groups is 1. The third kappa shape index (κ3) is 2.87. The van der Waals surface area contributed by atoms with E-state index >= 15 is 0 Å². The largest absolute Gasteiger partial charge is 0.458 e. The normalized spacial score (nSPS) is 23.1. The van der Waals surface area contributed by atoms with Gasteiger partial charge in [-0.2, -0.15) is 24.9 Å². The van der Waals surface area contributed by atoms with E-state index in [1.54, 1.807) is 23.9 Å². The number of aliphatic hydroxyl groups is 1. The van der Waals surface area contributed by atoms with Crippen molar-refractivity contribution >= 4 is 17.5 Å². The fourth-order valence-corrected chi connectivity index (χ4v) is 2.21. The highest BCUT2D eigenvalue weighted by atomic mass is 32.2. The second-order valence-electron chi connectivity index (χ2n) is 4.22. The van der Waals surface area contributed by atoms with Gasteiger partial charge < -0.3 is 9.94 Å². The smallest absolute Gasteiger partial charge is 0.350 e. The summed E-state index contributed by atoms with van der Waals surface area (Å²) >= 11 is 1.65. The van der Waals surface area contributed by atoms with Gasteiger partial charge in [-0.3, -0.25) is 0 Å². The topological polar surface area (TPSA) is 41.8 Å². The maximum atomic E-state index is 12.5.